The number of carbonyl (C=O) groups is 2. The molecule has 10 heteroatoms. The van der Waals surface area contributed by atoms with E-state index in [0.29, 0.717) is 60.7 Å². The number of amidine groups is 1. The van der Waals surface area contributed by atoms with Gasteiger partial charge in [0.1, 0.15) is 0 Å². The average molecular weight is 488 g/mol. The second-order valence-electron chi connectivity index (χ2n) is 7.85. The minimum absolute atomic E-state index is 0.0117. The Hall–Kier alpha value is -2.98. The van der Waals surface area contributed by atoms with Crippen molar-refractivity contribution in [3.05, 3.63) is 46.1 Å². The molecule has 1 saturated heterocycles. The number of rotatable bonds is 7. The van der Waals surface area contributed by atoms with Crippen molar-refractivity contribution in [1.82, 2.24) is 9.80 Å². The number of hydrogen-bond acceptors (Lipinski definition) is 9. The summed E-state index contributed by atoms with van der Waals surface area (Å²) >= 11 is 1.45. The van der Waals surface area contributed by atoms with Crippen LogP contribution in [-0.4, -0.2) is 74.5 Å². The van der Waals surface area contributed by atoms with Gasteiger partial charge in [0.05, 0.1) is 58.3 Å². The van der Waals surface area contributed by atoms with Crippen LogP contribution in [0.3, 0.4) is 0 Å². The molecule has 0 N–H and O–H groups in total. The highest BCUT2D eigenvalue weighted by Gasteiger charge is 2.43. The van der Waals surface area contributed by atoms with Gasteiger partial charge in [-0.1, -0.05) is 30.8 Å². The van der Waals surface area contributed by atoms with E-state index in [4.69, 9.17) is 23.9 Å². The Morgan fingerprint density at radius 2 is 1.94 bits per heavy atom. The second-order valence-corrected chi connectivity index (χ2v) is 8.69. The molecule has 0 radical (unpaired) electrons. The number of ether oxygens (including phenoxy) is 4. The van der Waals surface area contributed by atoms with Gasteiger partial charge < -0.3 is 28.7 Å². The smallest absolute Gasteiger partial charge is 0.338 e. The highest BCUT2D eigenvalue weighted by atomic mass is 32.2. The fourth-order valence-electron chi connectivity index (χ4n) is 4.41. The quantitative estimate of drug-likeness (QED) is 0.542. The van der Waals surface area contributed by atoms with E-state index in [-0.39, 0.29) is 12.3 Å². The summed E-state index contributed by atoms with van der Waals surface area (Å²) in [7, 11) is 4.50. The number of carbonyl (C=O) groups excluding carboxylic acids is 2. The van der Waals surface area contributed by atoms with Gasteiger partial charge in [-0.05, 0) is 17.9 Å². The van der Waals surface area contributed by atoms with Crippen molar-refractivity contribution in [2.75, 3.05) is 47.6 Å². The minimum atomic E-state index is -0.585. The zero-order valence-electron chi connectivity index (χ0n) is 19.8. The summed E-state index contributed by atoms with van der Waals surface area (Å²) in [6.07, 6.45) is 0.734. The molecule has 0 spiro atoms. The highest BCUT2D eigenvalue weighted by Crippen LogP contribution is 2.49. The van der Waals surface area contributed by atoms with Gasteiger partial charge in [0, 0.05) is 24.4 Å². The van der Waals surface area contributed by atoms with Gasteiger partial charge in [0.15, 0.2) is 16.7 Å². The molecule has 0 unspecified atom stereocenters. The van der Waals surface area contributed by atoms with Crippen LogP contribution in [0.25, 0.3) is 0 Å². The Labute approximate surface area is 203 Å². The first-order chi connectivity index (χ1) is 16.5. The second kappa shape index (κ2) is 10.5. The number of amides is 1. The molecule has 0 aromatic heterocycles. The van der Waals surface area contributed by atoms with E-state index in [1.165, 1.54) is 18.9 Å². The number of aliphatic imine (C=N–C) groups is 1. The molecule has 1 aromatic rings. The normalized spacial score (nSPS) is 19.9. The van der Waals surface area contributed by atoms with Gasteiger partial charge in [-0.3, -0.25) is 4.79 Å². The average Bonchev–Trinajstić information content (AvgIpc) is 3.28. The lowest BCUT2D eigenvalue weighted by atomic mass is 9.92. The lowest BCUT2D eigenvalue weighted by Crippen LogP contribution is -2.42. The molecular formula is C24H29N3O6S. The van der Waals surface area contributed by atoms with Crippen LogP contribution in [0.15, 0.2) is 45.6 Å². The van der Waals surface area contributed by atoms with Crippen LogP contribution in [0, 0.1) is 0 Å². The molecular weight excluding hydrogens is 458 g/mol. The van der Waals surface area contributed by atoms with Crippen LogP contribution in [0.2, 0.25) is 0 Å². The fourth-order valence-corrected chi connectivity index (χ4v) is 5.35. The van der Waals surface area contributed by atoms with E-state index in [1.807, 2.05) is 34.3 Å². The first-order valence-corrected chi connectivity index (χ1v) is 12.0. The third-order valence-corrected chi connectivity index (χ3v) is 6.94. The molecule has 3 heterocycles. The number of benzene rings is 1. The summed E-state index contributed by atoms with van der Waals surface area (Å²) in [5, 5.41) is 2.65. The summed E-state index contributed by atoms with van der Waals surface area (Å²) < 4.78 is 21.8. The zero-order valence-corrected chi connectivity index (χ0v) is 20.6. The Bertz CT molecular complexity index is 1060. The van der Waals surface area contributed by atoms with Crippen LogP contribution in [0.1, 0.15) is 31.4 Å². The number of para-hydroxylation sites is 1. The number of morpholine rings is 1. The van der Waals surface area contributed by atoms with Gasteiger partial charge in [-0.25, -0.2) is 9.79 Å². The monoisotopic (exact) mass is 487 g/mol. The molecule has 0 saturated carbocycles. The molecule has 182 valence electrons. The van der Waals surface area contributed by atoms with E-state index in [2.05, 4.69) is 0 Å². The van der Waals surface area contributed by atoms with Crippen molar-refractivity contribution in [3.63, 3.8) is 0 Å². The van der Waals surface area contributed by atoms with Crippen molar-refractivity contribution < 1.29 is 28.5 Å². The van der Waals surface area contributed by atoms with E-state index in [1.54, 1.807) is 20.3 Å². The van der Waals surface area contributed by atoms with E-state index in [0.717, 1.165) is 11.3 Å². The molecule has 1 amide bonds. The zero-order chi connectivity index (χ0) is 24.2. The maximum absolute atomic E-state index is 13.1. The number of methoxy groups -OCH3 is 3. The number of hydrogen-bond donors (Lipinski definition) is 0. The van der Waals surface area contributed by atoms with Crippen molar-refractivity contribution in [2.24, 2.45) is 4.99 Å². The number of thioether (sulfide) groups is 1. The predicted molar refractivity (Wildman–Crippen MR) is 129 cm³/mol. The largest absolute Gasteiger partial charge is 0.493 e. The summed E-state index contributed by atoms with van der Waals surface area (Å²) in [4.78, 5) is 34.7. The third kappa shape index (κ3) is 4.39. The standard InChI is InChI=1S/C24H29N3O6S/c1-5-17-20(23(29)32-4)21(16-7-6-8-18(30-2)22(16)31-3)27-15(14-34-24(27)25-17)13-19(28)26-9-11-33-12-10-26/h6-8,14,21H,5,9-13H2,1-4H3/t21-/m0/s1. The lowest BCUT2D eigenvalue weighted by molar-refractivity contribution is -0.136. The molecule has 3 aliphatic heterocycles. The minimum Gasteiger partial charge on any atom is -0.493 e. The summed E-state index contributed by atoms with van der Waals surface area (Å²) in [5.41, 5.74) is 2.57. The SMILES string of the molecule is CCC1=C(C(=O)OC)[C@H](c2cccc(OC)c2OC)N2C(CC(=O)N3CCOCC3)=CSC2=N1. The Morgan fingerprint density at radius 3 is 2.59 bits per heavy atom. The Balaban J connectivity index is 1.80. The van der Waals surface area contributed by atoms with Gasteiger partial charge in [0.25, 0.3) is 0 Å². The molecule has 3 aliphatic rings. The van der Waals surface area contributed by atoms with Crippen molar-refractivity contribution >= 4 is 28.8 Å². The molecule has 9 nitrogen and oxygen atoms in total. The van der Waals surface area contributed by atoms with Crippen LogP contribution in [-0.2, 0) is 19.1 Å². The first-order valence-electron chi connectivity index (χ1n) is 11.1. The molecule has 0 aliphatic carbocycles. The summed E-state index contributed by atoms with van der Waals surface area (Å²) in [6.45, 7) is 4.17. The summed E-state index contributed by atoms with van der Waals surface area (Å²) in [6, 6.07) is 4.97. The molecule has 4 rings (SSSR count). The molecule has 1 fully saturated rings. The lowest BCUT2D eigenvalue weighted by Gasteiger charge is -2.37. The fraction of sp³-hybridized carbons (Fsp3) is 0.458. The van der Waals surface area contributed by atoms with Crippen molar-refractivity contribution in [1.29, 1.82) is 0 Å². The maximum Gasteiger partial charge on any atom is 0.338 e. The van der Waals surface area contributed by atoms with E-state index < -0.39 is 12.0 Å². The van der Waals surface area contributed by atoms with Crippen LogP contribution in [0.4, 0.5) is 0 Å². The van der Waals surface area contributed by atoms with E-state index >= 15 is 0 Å². The Kier molecular flexibility index (Phi) is 7.47. The van der Waals surface area contributed by atoms with Gasteiger partial charge >= 0.3 is 5.97 Å². The molecule has 34 heavy (non-hydrogen) atoms. The maximum atomic E-state index is 13.1. The van der Waals surface area contributed by atoms with Gasteiger partial charge in [0.2, 0.25) is 5.91 Å². The molecule has 1 aromatic carbocycles. The molecule has 0 bridgehead atoms. The van der Waals surface area contributed by atoms with E-state index in [9.17, 15) is 9.59 Å². The van der Waals surface area contributed by atoms with Gasteiger partial charge in [-0.15, -0.1) is 0 Å². The molecule has 1 atom stereocenters. The van der Waals surface area contributed by atoms with Crippen molar-refractivity contribution in [3.8, 4) is 11.5 Å². The topological polar surface area (TPSA) is 89.9 Å². The van der Waals surface area contributed by atoms with Gasteiger partial charge in [-0.2, -0.15) is 0 Å². The van der Waals surface area contributed by atoms with Crippen LogP contribution >= 0.6 is 11.8 Å². The summed E-state index contributed by atoms with van der Waals surface area (Å²) in [5.74, 6) is 0.611. The van der Waals surface area contributed by atoms with Crippen LogP contribution < -0.4 is 9.47 Å². The number of esters is 1. The Morgan fingerprint density at radius 1 is 1.18 bits per heavy atom. The van der Waals surface area contributed by atoms with Crippen LogP contribution in [0.5, 0.6) is 11.5 Å². The number of allylic oxidation sites excluding steroid dienone is 1. The number of fused-ring (bicyclic) bond motifs is 1. The third-order valence-electron chi connectivity index (χ3n) is 6.05. The highest BCUT2D eigenvalue weighted by molar-refractivity contribution is 8.16. The van der Waals surface area contributed by atoms with Crippen molar-refractivity contribution in [2.45, 2.75) is 25.8 Å². The first kappa shape index (κ1) is 24.2. The predicted octanol–water partition coefficient (Wildman–Crippen LogP) is 3.09. The number of nitrogens with zero attached hydrogens (tertiary/aromatic N) is 3.